The van der Waals surface area contributed by atoms with Crippen molar-refractivity contribution in [2.75, 3.05) is 18.0 Å². The van der Waals surface area contributed by atoms with Crippen LogP contribution in [0.3, 0.4) is 0 Å². The van der Waals surface area contributed by atoms with Crippen LogP contribution in [-0.2, 0) is 15.6 Å². The molecule has 3 heterocycles. The van der Waals surface area contributed by atoms with Gasteiger partial charge in [0, 0.05) is 24.3 Å². The third-order valence-electron chi connectivity index (χ3n) is 7.72. The van der Waals surface area contributed by atoms with E-state index in [1.54, 1.807) is 12.2 Å². The van der Waals surface area contributed by atoms with Crippen molar-refractivity contribution in [3.05, 3.63) is 111 Å². The molecule has 2 aromatic carbocycles. The van der Waals surface area contributed by atoms with E-state index in [9.17, 15) is 5.26 Å². The van der Waals surface area contributed by atoms with Gasteiger partial charge in [-0.3, -0.25) is 0 Å². The Balaban J connectivity index is 1.57. The van der Waals surface area contributed by atoms with Crippen molar-refractivity contribution in [2.45, 2.75) is 51.4 Å². The quantitative estimate of drug-likeness (QED) is 0.342. The fourth-order valence-corrected chi connectivity index (χ4v) is 5.38. The zero-order chi connectivity index (χ0) is 25.5. The average Bonchev–Trinajstić information content (AvgIpc) is 2.87. The van der Waals surface area contributed by atoms with Crippen LogP contribution in [0.4, 0.5) is 5.69 Å². The molecule has 0 unspecified atom stereocenters. The lowest BCUT2D eigenvalue weighted by atomic mass is 9.69. The largest absolute Gasteiger partial charge is 0.457 e. The first-order valence-electron chi connectivity index (χ1n) is 12.5. The van der Waals surface area contributed by atoms with Crippen LogP contribution in [0, 0.1) is 17.9 Å². The van der Waals surface area contributed by atoms with Gasteiger partial charge < -0.3 is 9.64 Å². The Morgan fingerprint density at radius 3 is 2.22 bits per heavy atom. The van der Waals surface area contributed by atoms with Gasteiger partial charge in [-0.2, -0.15) is 0 Å². The molecule has 0 N–H and O–H groups in total. The molecule has 180 valence electrons. The average molecular weight is 474 g/mol. The Labute approximate surface area is 214 Å². The standard InChI is InChI=1S/C32H31N3O/c1-31(2)13-15-35-16-14-32(3,4)27-18-22(17-26(31)30(27)35)11-12-25-19-24(28(21-33)34-5)20-29(36-25)23-9-7-6-8-10-23/h6-12,17-20H,13-16H2,1-4H3/b12-11+,28-24-. The molecule has 0 amide bonds. The molecule has 3 aliphatic heterocycles. The number of rotatable bonds is 3. The Bertz CT molecular complexity index is 1360. The maximum Gasteiger partial charge on any atom is 0.269 e. The lowest BCUT2D eigenvalue weighted by Crippen LogP contribution is -2.44. The molecule has 0 bridgehead atoms. The molecule has 3 aliphatic rings. The maximum atomic E-state index is 9.48. The van der Waals surface area contributed by atoms with Gasteiger partial charge in [0.2, 0.25) is 0 Å². The highest BCUT2D eigenvalue weighted by Crippen LogP contribution is 2.49. The summed E-state index contributed by atoms with van der Waals surface area (Å²) in [5.74, 6) is 1.23. The lowest BCUT2D eigenvalue weighted by molar-refractivity contribution is 0.396. The predicted octanol–water partition coefficient (Wildman–Crippen LogP) is 7.52. The predicted molar refractivity (Wildman–Crippen MR) is 146 cm³/mol. The second-order valence-electron chi connectivity index (χ2n) is 11.1. The summed E-state index contributed by atoms with van der Waals surface area (Å²) in [5, 5.41) is 9.48. The minimum atomic E-state index is 0.0550. The molecule has 0 spiro atoms. The summed E-state index contributed by atoms with van der Waals surface area (Å²) in [6.45, 7) is 19.1. The van der Waals surface area contributed by atoms with Gasteiger partial charge >= 0.3 is 0 Å². The fourth-order valence-electron chi connectivity index (χ4n) is 5.38. The zero-order valence-corrected chi connectivity index (χ0v) is 21.4. The molecule has 0 saturated carbocycles. The van der Waals surface area contributed by atoms with Crippen LogP contribution in [0.25, 0.3) is 16.7 Å². The van der Waals surface area contributed by atoms with Crippen molar-refractivity contribution >= 4 is 17.5 Å². The van der Waals surface area contributed by atoms with Crippen molar-refractivity contribution in [1.82, 2.24) is 0 Å². The van der Waals surface area contributed by atoms with E-state index in [-0.39, 0.29) is 16.5 Å². The second kappa shape index (κ2) is 8.89. The number of ether oxygens (including phenoxy) is 1. The number of nitrogens with zero attached hydrogens (tertiary/aromatic N) is 3. The Kier molecular flexibility index (Phi) is 5.85. The molecule has 2 aromatic rings. The summed E-state index contributed by atoms with van der Waals surface area (Å²) in [6, 6.07) is 16.4. The van der Waals surface area contributed by atoms with Crippen LogP contribution in [0.5, 0.6) is 0 Å². The fraction of sp³-hybridized carbons (Fsp3) is 0.312. The van der Waals surface area contributed by atoms with E-state index < -0.39 is 0 Å². The summed E-state index contributed by atoms with van der Waals surface area (Å²) >= 11 is 0. The first-order chi connectivity index (χ1) is 17.2. The monoisotopic (exact) mass is 473 g/mol. The van der Waals surface area contributed by atoms with E-state index in [0.29, 0.717) is 17.1 Å². The molecular weight excluding hydrogens is 442 g/mol. The van der Waals surface area contributed by atoms with Gasteiger partial charge in [0.25, 0.3) is 5.70 Å². The number of nitriles is 1. The van der Waals surface area contributed by atoms with Gasteiger partial charge in [-0.15, -0.1) is 0 Å². The summed E-state index contributed by atoms with van der Waals surface area (Å²) in [7, 11) is 0. The molecule has 4 heteroatoms. The van der Waals surface area contributed by atoms with Gasteiger partial charge in [-0.05, 0) is 76.3 Å². The molecule has 0 saturated heterocycles. The van der Waals surface area contributed by atoms with Gasteiger partial charge in [-0.1, -0.05) is 64.1 Å². The van der Waals surface area contributed by atoms with Crippen LogP contribution >= 0.6 is 0 Å². The number of hydrogen-bond donors (Lipinski definition) is 0. The van der Waals surface area contributed by atoms with Gasteiger partial charge in [0.1, 0.15) is 11.5 Å². The minimum Gasteiger partial charge on any atom is -0.457 e. The number of benzene rings is 2. The van der Waals surface area contributed by atoms with Crippen LogP contribution in [-0.4, -0.2) is 13.1 Å². The Morgan fingerprint density at radius 2 is 1.64 bits per heavy atom. The molecule has 36 heavy (non-hydrogen) atoms. The lowest BCUT2D eigenvalue weighted by Gasteiger charge is -2.48. The van der Waals surface area contributed by atoms with Crippen molar-refractivity contribution in [1.29, 1.82) is 5.26 Å². The molecule has 0 fully saturated rings. The topological polar surface area (TPSA) is 40.6 Å². The zero-order valence-electron chi connectivity index (χ0n) is 21.4. The Morgan fingerprint density at radius 1 is 1.00 bits per heavy atom. The van der Waals surface area contributed by atoms with Crippen molar-refractivity contribution in [3.63, 3.8) is 0 Å². The van der Waals surface area contributed by atoms with Crippen molar-refractivity contribution in [2.24, 2.45) is 0 Å². The SMILES string of the molecule is [C-]#[N+]/C(C#N)=C1C=C(/C=C/c2cc3c4c(c2)C(C)(C)CCN4CCC3(C)C)OC(c2ccccc2)=C/1. The highest BCUT2D eigenvalue weighted by Gasteiger charge is 2.39. The minimum absolute atomic E-state index is 0.0550. The van der Waals surface area contributed by atoms with Gasteiger partial charge in [-0.25, -0.2) is 10.1 Å². The molecular formula is C32H31N3O. The van der Waals surface area contributed by atoms with Crippen LogP contribution in [0.1, 0.15) is 62.8 Å². The third-order valence-corrected chi connectivity index (χ3v) is 7.72. The first-order valence-corrected chi connectivity index (χ1v) is 12.5. The van der Waals surface area contributed by atoms with Gasteiger partial charge in [0.05, 0.1) is 12.6 Å². The van der Waals surface area contributed by atoms with Crippen LogP contribution in [0.15, 0.2) is 77.7 Å². The van der Waals surface area contributed by atoms with Crippen LogP contribution < -0.4 is 4.90 Å². The van der Waals surface area contributed by atoms with Crippen molar-refractivity contribution < 1.29 is 4.74 Å². The Hall–Kier alpha value is -4.02. The molecule has 0 radical (unpaired) electrons. The normalized spacial score (nSPS) is 20.9. The molecule has 4 nitrogen and oxygen atoms in total. The number of hydrogen-bond acceptors (Lipinski definition) is 3. The highest BCUT2D eigenvalue weighted by atomic mass is 16.5. The molecule has 0 aliphatic carbocycles. The van der Waals surface area contributed by atoms with Crippen molar-refractivity contribution in [3.8, 4) is 6.07 Å². The summed E-state index contributed by atoms with van der Waals surface area (Å²) in [5.41, 5.74) is 7.18. The first kappa shape index (κ1) is 23.7. The highest BCUT2D eigenvalue weighted by molar-refractivity contribution is 5.73. The summed E-state index contributed by atoms with van der Waals surface area (Å²) < 4.78 is 6.22. The van der Waals surface area contributed by atoms with E-state index in [0.717, 1.165) is 37.1 Å². The third kappa shape index (κ3) is 4.25. The smallest absolute Gasteiger partial charge is 0.269 e. The molecule has 0 atom stereocenters. The van der Waals surface area contributed by atoms with E-state index in [1.807, 2.05) is 42.5 Å². The number of anilines is 1. The molecule has 0 aromatic heterocycles. The van der Waals surface area contributed by atoms with E-state index in [2.05, 4.69) is 55.6 Å². The maximum absolute atomic E-state index is 9.48. The number of allylic oxidation sites excluding steroid dienone is 5. The van der Waals surface area contributed by atoms with Crippen LogP contribution in [0.2, 0.25) is 0 Å². The second-order valence-corrected chi connectivity index (χ2v) is 11.1. The van der Waals surface area contributed by atoms with E-state index in [1.165, 1.54) is 16.8 Å². The summed E-state index contributed by atoms with van der Waals surface area (Å²) in [6.07, 6.45) is 9.89. The van der Waals surface area contributed by atoms with E-state index in [4.69, 9.17) is 11.3 Å². The summed E-state index contributed by atoms with van der Waals surface area (Å²) in [4.78, 5) is 6.00. The molecule has 5 rings (SSSR count). The van der Waals surface area contributed by atoms with E-state index >= 15 is 0 Å². The van der Waals surface area contributed by atoms with Gasteiger partial charge in [0.15, 0.2) is 0 Å².